The van der Waals surface area contributed by atoms with Crippen molar-refractivity contribution in [3.05, 3.63) is 0 Å². The Morgan fingerprint density at radius 1 is 1.14 bits per heavy atom. The summed E-state index contributed by atoms with van der Waals surface area (Å²) in [5, 5.41) is 3.73. The number of carbonyl (C=O) groups excluding carboxylic acids is 1. The summed E-state index contributed by atoms with van der Waals surface area (Å²) < 4.78 is 5.54. The highest BCUT2D eigenvalue weighted by molar-refractivity contribution is 5.69. The summed E-state index contributed by atoms with van der Waals surface area (Å²) in [5.74, 6) is 1.82. The second-order valence-electron chi connectivity index (χ2n) is 8.06. The van der Waals surface area contributed by atoms with E-state index in [0.717, 1.165) is 37.8 Å². The Morgan fingerprint density at radius 2 is 1.71 bits per heavy atom. The first-order valence-corrected chi connectivity index (χ1v) is 8.67. The zero-order valence-electron chi connectivity index (χ0n) is 13.7. The minimum absolute atomic E-state index is 0.138. The van der Waals surface area contributed by atoms with Crippen molar-refractivity contribution in [3.63, 3.8) is 0 Å². The van der Waals surface area contributed by atoms with Gasteiger partial charge in [-0.15, -0.1) is 0 Å². The summed E-state index contributed by atoms with van der Waals surface area (Å²) in [6.45, 7) is 7.50. The molecule has 0 aliphatic heterocycles. The van der Waals surface area contributed by atoms with E-state index in [1.165, 1.54) is 25.7 Å². The second-order valence-corrected chi connectivity index (χ2v) is 8.06. The first-order chi connectivity index (χ1) is 9.94. The standard InChI is InChI=1S/C17H30N2O2/c1-17(2,3)21-16(20)19(14-8-9-14)11-10-18-15(12-4-5-12)13-6-7-13/h12-15,18H,4-11H2,1-3H3. The monoisotopic (exact) mass is 294 g/mol. The quantitative estimate of drug-likeness (QED) is 0.784. The molecule has 120 valence electrons. The van der Waals surface area contributed by atoms with E-state index < -0.39 is 5.60 Å². The molecular weight excluding hydrogens is 264 g/mol. The van der Waals surface area contributed by atoms with Gasteiger partial charge in [0.05, 0.1) is 0 Å². The van der Waals surface area contributed by atoms with Gasteiger partial charge in [0.15, 0.2) is 0 Å². The third-order valence-corrected chi connectivity index (χ3v) is 4.61. The van der Waals surface area contributed by atoms with Gasteiger partial charge in [0.2, 0.25) is 0 Å². The van der Waals surface area contributed by atoms with E-state index in [0.29, 0.717) is 12.1 Å². The van der Waals surface area contributed by atoms with E-state index >= 15 is 0 Å². The van der Waals surface area contributed by atoms with Crippen molar-refractivity contribution < 1.29 is 9.53 Å². The summed E-state index contributed by atoms with van der Waals surface area (Å²) in [6.07, 6.45) is 7.71. The number of hydrogen-bond acceptors (Lipinski definition) is 3. The van der Waals surface area contributed by atoms with Crippen LogP contribution in [0.3, 0.4) is 0 Å². The fourth-order valence-corrected chi connectivity index (χ4v) is 3.11. The van der Waals surface area contributed by atoms with Crippen LogP contribution in [0.25, 0.3) is 0 Å². The van der Waals surface area contributed by atoms with Gasteiger partial charge in [0.25, 0.3) is 0 Å². The molecule has 1 amide bonds. The van der Waals surface area contributed by atoms with Crippen molar-refractivity contribution in [1.82, 2.24) is 10.2 Å². The van der Waals surface area contributed by atoms with Gasteiger partial charge in [-0.25, -0.2) is 4.79 Å². The second kappa shape index (κ2) is 5.79. The van der Waals surface area contributed by atoms with E-state index in [-0.39, 0.29) is 6.09 Å². The number of amides is 1. The number of carbonyl (C=O) groups is 1. The van der Waals surface area contributed by atoms with Crippen molar-refractivity contribution in [2.75, 3.05) is 13.1 Å². The molecule has 0 spiro atoms. The van der Waals surface area contributed by atoms with Gasteiger partial charge in [-0.2, -0.15) is 0 Å². The van der Waals surface area contributed by atoms with Crippen LogP contribution in [-0.4, -0.2) is 41.8 Å². The largest absolute Gasteiger partial charge is 0.444 e. The molecule has 0 atom stereocenters. The number of nitrogens with one attached hydrogen (secondary N) is 1. The summed E-state index contributed by atoms with van der Waals surface area (Å²) in [7, 11) is 0. The molecule has 0 heterocycles. The molecule has 4 nitrogen and oxygen atoms in total. The predicted molar refractivity (Wildman–Crippen MR) is 83.2 cm³/mol. The van der Waals surface area contributed by atoms with Crippen LogP contribution in [0.1, 0.15) is 59.3 Å². The SMILES string of the molecule is CC(C)(C)OC(=O)N(CCNC(C1CC1)C1CC1)C1CC1. The molecule has 3 saturated carbocycles. The minimum Gasteiger partial charge on any atom is -0.444 e. The molecule has 0 aromatic carbocycles. The highest BCUT2D eigenvalue weighted by atomic mass is 16.6. The lowest BCUT2D eigenvalue weighted by molar-refractivity contribution is 0.0234. The van der Waals surface area contributed by atoms with Gasteiger partial charge in [-0.3, -0.25) is 0 Å². The molecule has 3 aliphatic rings. The van der Waals surface area contributed by atoms with Crippen molar-refractivity contribution >= 4 is 6.09 Å². The van der Waals surface area contributed by atoms with Crippen LogP contribution in [0, 0.1) is 11.8 Å². The molecule has 3 rings (SSSR count). The molecule has 3 fully saturated rings. The Labute approximate surface area is 128 Å². The first-order valence-electron chi connectivity index (χ1n) is 8.67. The molecule has 0 bridgehead atoms. The van der Waals surface area contributed by atoms with Gasteiger partial charge < -0.3 is 15.0 Å². The number of nitrogens with zero attached hydrogens (tertiary/aromatic N) is 1. The van der Waals surface area contributed by atoms with E-state index in [1.807, 2.05) is 25.7 Å². The molecule has 0 radical (unpaired) electrons. The lowest BCUT2D eigenvalue weighted by Crippen LogP contribution is -2.44. The van der Waals surface area contributed by atoms with Crippen LogP contribution in [0.5, 0.6) is 0 Å². The lowest BCUT2D eigenvalue weighted by Gasteiger charge is -2.28. The number of rotatable bonds is 7. The van der Waals surface area contributed by atoms with Crippen molar-refractivity contribution in [2.24, 2.45) is 11.8 Å². The molecule has 0 aromatic rings. The summed E-state index contributed by atoms with van der Waals surface area (Å²) >= 11 is 0. The van der Waals surface area contributed by atoms with Gasteiger partial charge in [-0.1, -0.05) is 0 Å². The van der Waals surface area contributed by atoms with Crippen LogP contribution in [0.15, 0.2) is 0 Å². The maximum absolute atomic E-state index is 12.3. The number of ether oxygens (including phenoxy) is 1. The summed E-state index contributed by atoms with van der Waals surface area (Å²) in [5.41, 5.74) is -0.401. The third-order valence-electron chi connectivity index (χ3n) is 4.61. The normalized spacial score (nSPS) is 22.5. The Bertz CT molecular complexity index is 367. The van der Waals surface area contributed by atoms with Gasteiger partial charge in [0, 0.05) is 25.2 Å². The zero-order chi connectivity index (χ0) is 15.0. The van der Waals surface area contributed by atoms with E-state index in [4.69, 9.17) is 4.74 Å². The highest BCUT2D eigenvalue weighted by Gasteiger charge is 2.41. The lowest BCUT2D eigenvalue weighted by atomic mass is 10.1. The Balaban J connectivity index is 1.45. The average Bonchev–Trinajstić information content (AvgIpc) is 3.25. The summed E-state index contributed by atoms with van der Waals surface area (Å²) in [6, 6.07) is 1.13. The predicted octanol–water partition coefficient (Wildman–Crippen LogP) is 3.16. The Morgan fingerprint density at radius 3 is 2.14 bits per heavy atom. The molecule has 0 aromatic heterocycles. The van der Waals surface area contributed by atoms with Crippen molar-refractivity contribution in [3.8, 4) is 0 Å². The molecule has 4 heteroatoms. The maximum atomic E-state index is 12.3. The van der Waals surface area contributed by atoms with Gasteiger partial charge >= 0.3 is 6.09 Å². The third kappa shape index (κ3) is 4.60. The Hall–Kier alpha value is -0.770. The molecule has 0 unspecified atom stereocenters. The van der Waals surface area contributed by atoms with Gasteiger partial charge in [0.1, 0.15) is 5.60 Å². The smallest absolute Gasteiger partial charge is 0.410 e. The topological polar surface area (TPSA) is 41.6 Å². The van der Waals surface area contributed by atoms with Crippen LogP contribution >= 0.6 is 0 Å². The molecule has 1 N–H and O–H groups in total. The first kappa shape index (κ1) is 15.1. The van der Waals surface area contributed by atoms with Crippen LogP contribution in [-0.2, 0) is 4.74 Å². The fraction of sp³-hybridized carbons (Fsp3) is 0.941. The highest BCUT2D eigenvalue weighted by Crippen LogP contribution is 2.44. The van der Waals surface area contributed by atoms with E-state index in [2.05, 4.69) is 5.32 Å². The Kier molecular flexibility index (Phi) is 4.17. The maximum Gasteiger partial charge on any atom is 0.410 e. The van der Waals surface area contributed by atoms with Crippen LogP contribution in [0.4, 0.5) is 4.79 Å². The molecule has 0 saturated heterocycles. The van der Waals surface area contributed by atoms with Crippen molar-refractivity contribution in [2.45, 2.75) is 77.0 Å². The van der Waals surface area contributed by atoms with Crippen molar-refractivity contribution in [1.29, 1.82) is 0 Å². The average molecular weight is 294 g/mol. The molecule has 21 heavy (non-hydrogen) atoms. The molecular formula is C17H30N2O2. The summed E-state index contributed by atoms with van der Waals surface area (Å²) in [4.78, 5) is 14.2. The zero-order valence-corrected chi connectivity index (χ0v) is 13.7. The number of hydrogen-bond donors (Lipinski definition) is 1. The van der Waals surface area contributed by atoms with Crippen LogP contribution < -0.4 is 5.32 Å². The fourth-order valence-electron chi connectivity index (χ4n) is 3.11. The molecule has 3 aliphatic carbocycles. The van der Waals surface area contributed by atoms with E-state index in [1.54, 1.807) is 0 Å². The van der Waals surface area contributed by atoms with E-state index in [9.17, 15) is 4.79 Å². The minimum atomic E-state index is -0.401. The van der Waals surface area contributed by atoms with Crippen LogP contribution in [0.2, 0.25) is 0 Å². The van der Waals surface area contributed by atoms with Gasteiger partial charge in [-0.05, 0) is 71.1 Å².